The molecule has 0 atom stereocenters. The van der Waals surface area contributed by atoms with Gasteiger partial charge in [-0.05, 0) is 25.7 Å². The van der Waals surface area contributed by atoms with Crippen molar-refractivity contribution in [1.82, 2.24) is 9.97 Å². The summed E-state index contributed by atoms with van der Waals surface area (Å²) in [4.78, 5) is 11.1. The maximum Gasteiger partial charge on any atom is 0.147 e. The topological polar surface area (TPSA) is 55.0 Å². The molecule has 2 rings (SSSR count). The fraction of sp³-hybridized carbons (Fsp3) is 0.545. The summed E-state index contributed by atoms with van der Waals surface area (Å²) in [6.07, 6.45) is 6.08. The highest BCUT2D eigenvalue weighted by atomic mass is 32.1. The third-order valence-corrected chi connectivity index (χ3v) is 2.98. The Morgan fingerprint density at radius 2 is 2.25 bits per heavy atom. The molecule has 1 aliphatic rings. The average molecular weight is 236 g/mol. The van der Waals surface area contributed by atoms with Crippen molar-refractivity contribution in [2.24, 2.45) is 11.7 Å². The molecule has 0 radical (unpaired) electrons. The standard InChI is InChI=1S/C11H16N4S/c1-2-15(7-8-3-4-8)10-6-13-9(5-14-10)11(12)16/h5-6,8H,2-4,7H2,1H3,(H2,12,16). The first-order valence-corrected chi connectivity index (χ1v) is 5.98. The van der Waals surface area contributed by atoms with E-state index in [-0.39, 0.29) is 0 Å². The van der Waals surface area contributed by atoms with Crippen LogP contribution >= 0.6 is 12.2 Å². The number of hydrogen-bond acceptors (Lipinski definition) is 4. The molecule has 86 valence electrons. The van der Waals surface area contributed by atoms with Gasteiger partial charge in [-0.1, -0.05) is 12.2 Å². The smallest absolute Gasteiger partial charge is 0.147 e. The van der Waals surface area contributed by atoms with E-state index in [2.05, 4.69) is 21.8 Å². The lowest BCUT2D eigenvalue weighted by atomic mass is 10.3. The van der Waals surface area contributed by atoms with E-state index in [1.165, 1.54) is 12.8 Å². The molecular weight excluding hydrogens is 220 g/mol. The molecule has 0 unspecified atom stereocenters. The third-order valence-electron chi connectivity index (χ3n) is 2.77. The number of rotatable bonds is 5. The molecule has 1 aromatic rings. The van der Waals surface area contributed by atoms with Crippen molar-refractivity contribution in [3.63, 3.8) is 0 Å². The quantitative estimate of drug-likeness (QED) is 0.782. The Kier molecular flexibility index (Phi) is 3.33. The molecular formula is C11H16N4S. The van der Waals surface area contributed by atoms with E-state index in [0.29, 0.717) is 10.7 Å². The van der Waals surface area contributed by atoms with Crippen LogP contribution in [-0.4, -0.2) is 28.0 Å². The first kappa shape index (κ1) is 11.3. The molecule has 16 heavy (non-hydrogen) atoms. The Morgan fingerprint density at radius 3 is 2.69 bits per heavy atom. The Morgan fingerprint density at radius 1 is 1.50 bits per heavy atom. The van der Waals surface area contributed by atoms with Crippen LogP contribution in [0.25, 0.3) is 0 Å². The second-order valence-electron chi connectivity index (χ2n) is 4.11. The van der Waals surface area contributed by atoms with Crippen LogP contribution in [0.2, 0.25) is 0 Å². The SMILES string of the molecule is CCN(CC1CC1)c1cnc(C(N)=S)cn1. The predicted molar refractivity (Wildman–Crippen MR) is 68.5 cm³/mol. The third kappa shape index (κ3) is 2.66. The van der Waals surface area contributed by atoms with Crippen molar-refractivity contribution in [2.45, 2.75) is 19.8 Å². The van der Waals surface area contributed by atoms with Gasteiger partial charge in [0.1, 0.15) is 16.5 Å². The van der Waals surface area contributed by atoms with Gasteiger partial charge in [0, 0.05) is 13.1 Å². The van der Waals surface area contributed by atoms with Crippen LogP contribution in [0.3, 0.4) is 0 Å². The van der Waals surface area contributed by atoms with E-state index < -0.39 is 0 Å². The minimum absolute atomic E-state index is 0.296. The maximum absolute atomic E-state index is 5.48. The zero-order valence-corrected chi connectivity index (χ0v) is 10.2. The average Bonchev–Trinajstić information content (AvgIpc) is 3.10. The van der Waals surface area contributed by atoms with Gasteiger partial charge in [0.25, 0.3) is 0 Å². The zero-order valence-electron chi connectivity index (χ0n) is 9.39. The minimum Gasteiger partial charge on any atom is -0.388 e. The van der Waals surface area contributed by atoms with Crippen LogP contribution in [0, 0.1) is 5.92 Å². The van der Waals surface area contributed by atoms with Crippen LogP contribution in [0.5, 0.6) is 0 Å². The van der Waals surface area contributed by atoms with E-state index in [9.17, 15) is 0 Å². The Labute approximate surface area is 101 Å². The Bertz CT molecular complexity index is 372. The lowest BCUT2D eigenvalue weighted by Crippen LogP contribution is -2.26. The highest BCUT2D eigenvalue weighted by Gasteiger charge is 2.24. The number of hydrogen-bond donors (Lipinski definition) is 1. The van der Waals surface area contributed by atoms with Crippen molar-refractivity contribution in [3.05, 3.63) is 18.1 Å². The summed E-state index contributed by atoms with van der Waals surface area (Å²) in [5.41, 5.74) is 6.06. The summed E-state index contributed by atoms with van der Waals surface area (Å²) in [5, 5.41) is 0. The molecule has 1 heterocycles. The van der Waals surface area contributed by atoms with Gasteiger partial charge < -0.3 is 10.6 Å². The molecule has 2 N–H and O–H groups in total. The van der Waals surface area contributed by atoms with Gasteiger partial charge in [0.05, 0.1) is 12.4 Å². The van der Waals surface area contributed by atoms with Crippen molar-refractivity contribution in [2.75, 3.05) is 18.0 Å². The number of anilines is 1. The summed E-state index contributed by atoms with van der Waals surface area (Å²) < 4.78 is 0. The molecule has 5 heteroatoms. The number of aromatic nitrogens is 2. The van der Waals surface area contributed by atoms with Crippen molar-refractivity contribution >= 4 is 23.0 Å². The summed E-state index contributed by atoms with van der Waals surface area (Å²) in [7, 11) is 0. The van der Waals surface area contributed by atoms with Gasteiger partial charge in [-0.25, -0.2) is 9.97 Å². The molecule has 1 saturated carbocycles. The highest BCUT2D eigenvalue weighted by Crippen LogP contribution is 2.30. The minimum atomic E-state index is 0.296. The van der Waals surface area contributed by atoms with E-state index in [4.69, 9.17) is 18.0 Å². The molecule has 0 spiro atoms. The summed E-state index contributed by atoms with van der Waals surface area (Å²) in [6, 6.07) is 0. The number of nitrogens with two attached hydrogens (primary N) is 1. The summed E-state index contributed by atoms with van der Waals surface area (Å²) >= 11 is 4.84. The molecule has 0 bridgehead atoms. The normalized spacial score (nSPS) is 14.8. The predicted octanol–water partition coefficient (Wildman–Crippen LogP) is 1.35. The van der Waals surface area contributed by atoms with Gasteiger partial charge >= 0.3 is 0 Å². The fourth-order valence-electron chi connectivity index (χ4n) is 1.61. The summed E-state index contributed by atoms with van der Waals surface area (Å²) in [6.45, 7) is 4.17. The maximum atomic E-state index is 5.48. The van der Waals surface area contributed by atoms with Gasteiger partial charge in [0.2, 0.25) is 0 Å². The lowest BCUT2D eigenvalue weighted by molar-refractivity contribution is 0.729. The number of nitrogens with zero attached hydrogens (tertiary/aromatic N) is 3. The number of thiocarbonyl (C=S) groups is 1. The van der Waals surface area contributed by atoms with Crippen LogP contribution in [0.4, 0.5) is 5.82 Å². The second kappa shape index (κ2) is 4.74. The Balaban J connectivity index is 2.08. The summed E-state index contributed by atoms with van der Waals surface area (Å²) in [5.74, 6) is 1.76. The van der Waals surface area contributed by atoms with Crippen molar-refractivity contribution < 1.29 is 0 Å². The van der Waals surface area contributed by atoms with E-state index in [0.717, 1.165) is 24.8 Å². The van der Waals surface area contributed by atoms with Crippen molar-refractivity contribution in [1.29, 1.82) is 0 Å². The molecule has 1 aliphatic carbocycles. The van der Waals surface area contributed by atoms with Gasteiger partial charge in [-0.3, -0.25) is 0 Å². The van der Waals surface area contributed by atoms with E-state index >= 15 is 0 Å². The zero-order chi connectivity index (χ0) is 11.5. The molecule has 0 aromatic carbocycles. The van der Waals surface area contributed by atoms with Crippen molar-refractivity contribution in [3.8, 4) is 0 Å². The van der Waals surface area contributed by atoms with Gasteiger partial charge in [-0.2, -0.15) is 0 Å². The first-order valence-electron chi connectivity index (χ1n) is 5.57. The van der Waals surface area contributed by atoms with Gasteiger partial charge in [0.15, 0.2) is 0 Å². The monoisotopic (exact) mass is 236 g/mol. The van der Waals surface area contributed by atoms with Crippen LogP contribution in [0.1, 0.15) is 25.5 Å². The first-order chi connectivity index (χ1) is 7.70. The second-order valence-corrected chi connectivity index (χ2v) is 4.55. The molecule has 4 nitrogen and oxygen atoms in total. The molecule has 0 aliphatic heterocycles. The van der Waals surface area contributed by atoms with Crippen LogP contribution < -0.4 is 10.6 Å². The molecule has 0 amide bonds. The molecule has 1 aromatic heterocycles. The molecule has 1 fully saturated rings. The van der Waals surface area contributed by atoms with Crippen LogP contribution in [0.15, 0.2) is 12.4 Å². The highest BCUT2D eigenvalue weighted by molar-refractivity contribution is 7.80. The fourth-order valence-corrected chi connectivity index (χ4v) is 1.71. The van der Waals surface area contributed by atoms with E-state index in [1.807, 2.05) is 0 Å². The molecule has 0 saturated heterocycles. The lowest BCUT2D eigenvalue weighted by Gasteiger charge is -2.21. The van der Waals surface area contributed by atoms with Crippen LogP contribution in [-0.2, 0) is 0 Å². The van der Waals surface area contributed by atoms with E-state index in [1.54, 1.807) is 12.4 Å². The largest absolute Gasteiger partial charge is 0.388 e. The Hall–Kier alpha value is -1.23. The van der Waals surface area contributed by atoms with Gasteiger partial charge in [-0.15, -0.1) is 0 Å².